The van der Waals surface area contributed by atoms with E-state index in [9.17, 15) is 4.39 Å². The standard InChI is InChI=1S/C13H16FN3O/c1-18-13-3-2-10(6-12(13)14)9-17-5-4-16-8-11(17)7-15/h2-3,6,11,16H,4-5,8-9H2,1H3. The van der Waals surface area contributed by atoms with Crippen molar-refractivity contribution in [3.05, 3.63) is 29.6 Å². The molecule has 1 saturated heterocycles. The van der Waals surface area contributed by atoms with Gasteiger partial charge in [-0.3, -0.25) is 4.90 Å². The Hall–Kier alpha value is -1.64. The number of piperazine rings is 1. The van der Waals surface area contributed by atoms with Gasteiger partial charge in [-0.15, -0.1) is 0 Å². The predicted molar refractivity (Wildman–Crippen MR) is 65.6 cm³/mol. The van der Waals surface area contributed by atoms with Crippen LogP contribution in [-0.2, 0) is 6.54 Å². The van der Waals surface area contributed by atoms with Crippen LogP contribution in [0.1, 0.15) is 5.56 Å². The molecule has 4 nitrogen and oxygen atoms in total. The number of nitrogens with zero attached hydrogens (tertiary/aromatic N) is 2. The van der Waals surface area contributed by atoms with E-state index in [0.717, 1.165) is 18.7 Å². The van der Waals surface area contributed by atoms with Crippen molar-refractivity contribution in [2.75, 3.05) is 26.7 Å². The molecule has 1 aromatic rings. The SMILES string of the molecule is COc1ccc(CN2CCNCC2C#N)cc1F. The normalized spacial score (nSPS) is 20.4. The Morgan fingerprint density at radius 3 is 3.11 bits per heavy atom. The average Bonchev–Trinajstić information content (AvgIpc) is 2.39. The molecule has 5 heteroatoms. The van der Waals surface area contributed by atoms with Crippen LogP contribution in [0.3, 0.4) is 0 Å². The highest BCUT2D eigenvalue weighted by atomic mass is 19.1. The van der Waals surface area contributed by atoms with Crippen LogP contribution in [-0.4, -0.2) is 37.7 Å². The second kappa shape index (κ2) is 5.80. The molecule has 2 rings (SSSR count). The summed E-state index contributed by atoms with van der Waals surface area (Å²) in [5.41, 5.74) is 0.857. The van der Waals surface area contributed by atoms with Crippen LogP contribution in [0.25, 0.3) is 0 Å². The van der Waals surface area contributed by atoms with Gasteiger partial charge >= 0.3 is 0 Å². The van der Waals surface area contributed by atoms with Crippen molar-refractivity contribution in [2.45, 2.75) is 12.6 Å². The number of halogens is 1. The summed E-state index contributed by atoms with van der Waals surface area (Å²) in [6.07, 6.45) is 0. The third-order valence-corrected chi connectivity index (χ3v) is 3.11. The number of rotatable bonds is 3. The Morgan fingerprint density at radius 1 is 1.61 bits per heavy atom. The average molecular weight is 249 g/mol. The van der Waals surface area contributed by atoms with Crippen LogP contribution in [0.2, 0.25) is 0 Å². The van der Waals surface area contributed by atoms with Crippen molar-refractivity contribution in [1.82, 2.24) is 10.2 Å². The molecule has 1 atom stereocenters. The van der Waals surface area contributed by atoms with Crippen molar-refractivity contribution < 1.29 is 9.13 Å². The molecule has 0 aromatic heterocycles. The van der Waals surface area contributed by atoms with Crippen molar-refractivity contribution in [3.8, 4) is 11.8 Å². The Morgan fingerprint density at radius 2 is 2.44 bits per heavy atom. The lowest BCUT2D eigenvalue weighted by Gasteiger charge is -2.31. The number of benzene rings is 1. The van der Waals surface area contributed by atoms with Crippen LogP contribution in [0.5, 0.6) is 5.75 Å². The fourth-order valence-corrected chi connectivity index (χ4v) is 2.11. The lowest BCUT2D eigenvalue weighted by Crippen LogP contribution is -2.49. The first-order valence-corrected chi connectivity index (χ1v) is 5.91. The summed E-state index contributed by atoms with van der Waals surface area (Å²) in [6, 6.07) is 7.03. The summed E-state index contributed by atoms with van der Waals surface area (Å²) in [5, 5.41) is 12.2. The molecule has 0 saturated carbocycles. The van der Waals surface area contributed by atoms with Crippen molar-refractivity contribution >= 4 is 0 Å². The van der Waals surface area contributed by atoms with Gasteiger partial charge in [-0.1, -0.05) is 6.07 Å². The van der Waals surface area contributed by atoms with Gasteiger partial charge in [0.05, 0.1) is 13.2 Å². The Bertz CT molecular complexity index is 458. The molecule has 1 aliphatic heterocycles. The van der Waals surface area contributed by atoms with Crippen LogP contribution in [0.15, 0.2) is 18.2 Å². The summed E-state index contributed by atoms with van der Waals surface area (Å²) in [7, 11) is 1.44. The van der Waals surface area contributed by atoms with Crippen LogP contribution in [0.4, 0.5) is 4.39 Å². The summed E-state index contributed by atoms with van der Waals surface area (Å²) >= 11 is 0. The number of ether oxygens (including phenoxy) is 1. The van der Waals surface area contributed by atoms with E-state index in [2.05, 4.69) is 16.3 Å². The molecule has 96 valence electrons. The minimum absolute atomic E-state index is 0.149. The van der Waals surface area contributed by atoms with E-state index < -0.39 is 0 Å². The Balaban J connectivity index is 2.08. The molecule has 1 fully saturated rings. The molecule has 0 spiro atoms. The minimum atomic E-state index is -0.362. The largest absolute Gasteiger partial charge is 0.494 e. The lowest BCUT2D eigenvalue weighted by molar-refractivity contribution is 0.189. The van der Waals surface area contributed by atoms with Gasteiger partial charge in [0.2, 0.25) is 0 Å². The maximum Gasteiger partial charge on any atom is 0.165 e. The molecule has 18 heavy (non-hydrogen) atoms. The molecule has 1 aliphatic rings. The summed E-state index contributed by atoms with van der Waals surface area (Å²) < 4.78 is 18.4. The zero-order chi connectivity index (χ0) is 13.0. The van der Waals surface area contributed by atoms with Gasteiger partial charge in [0.25, 0.3) is 0 Å². The molecule has 1 unspecified atom stereocenters. The fraction of sp³-hybridized carbons (Fsp3) is 0.462. The van der Waals surface area contributed by atoms with Crippen LogP contribution in [0, 0.1) is 17.1 Å². The first kappa shape index (κ1) is 12.8. The number of nitrogens with one attached hydrogen (secondary N) is 1. The molecule has 1 aromatic carbocycles. The minimum Gasteiger partial charge on any atom is -0.494 e. The first-order valence-electron chi connectivity index (χ1n) is 5.91. The van der Waals surface area contributed by atoms with Gasteiger partial charge in [-0.2, -0.15) is 5.26 Å². The fourth-order valence-electron chi connectivity index (χ4n) is 2.11. The highest BCUT2D eigenvalue weighted by Gasteiger charge is 2.21. The lowest BCUT2D eigenvalue weighted by atomic mass is 10.1. The van der Waals surface area contributed by atoms with Crippen molar-refractivity contribution in [2.24, 2.45) is 0 Å². The molecular weight excluding hydrogens is 233 g/mol. The summed E-state index contributed by atoms with van der Waals surface area (Å²) in [6.45, 7) is 2.90. The highest BCUT2D eigenvalue weighted by Crippen LogP contribution is 2.19. The number of hydrogen-bond acceptors (Lipinski definition) is 4. The number of methoxy groups -OCH3 is 1. The van der Waals surface area contributed by atoms with Crippen molar-refractivity contribution in [1.29, 1.82) is 5.26 Å². The monoisotopic (exact) mass is 249 g/mol. The zero-order valence-corrected chi connectivity index (χ0v) is 10.3. The number of hydrogen-bond donors (Lipinski definition) is 1. The van der Waals surface area contributed by atoms with Gasteiger partial charge in [0, 0.05) is 26.2 Å². The molecule has 0 radical (unpaired) electrons. The summed E-state index contributed by atoms with van der Waals surface area (Å²) in [4.78, 5) is 2.05. The summed E-state index contributed by atoms with van der Waals surface area (Å²) in [5.74, 6) is -0.116. The highest BCUT2D eigenvalue weighted by molar-refractivity contribution is 5.29. The van der Waals surface area contributed by atoms with E-state index in [4.69, 9.17) is 10.00 Å². The molecule has 1 N–H and O–H groups in total. The molecule has 0 aliphatic carbocycles. The van der Waals surface area contributed by atoms with E-state index in [0.29, 0.717) is 13.1 Å². The Labute approximate surface area is 106 Å². The van der Waals surface area contributed by atoms with E-state index in [1.165, 1.54) is 13.2 Å². The van der Waals surface area contributed by atoms with Gasteiger partial charge in [0.15, 0.2) is 11.6 Å². The third kappa shape index (κ3) is 2.78. The number of nitriles is 1. The Kier molecular flexibility index (Phi) is 4.13. The van der Waals surface area contributed by atoms with Gasteiger partial charge in [-0.25, -0.2) is 4.39 Å². The van der Waals surface area contributed by atoms with E-state index >= 15 is 0 Å². The predicted octanol–water partition coefficient (Wildman–Crippen LogP) is 1.13. The topological polar surface area (TPSA) is 48.3 Å². The molecule has 0 amide bonds. The first-order chi connectivity index (χ1) is 8.74. The van der Waals surface area contributed by atoms with E-state index in [-0.39, 0.29) is 17.6 Å². The second-order valence-corrected chi connectivity index (χ2v) is 4.29. The quantitative estimate of drug-likeness (QED) is 0.872. The molecule has 0 bridgehead atoms. The zero-order valence-electron chi connectivity index (χ0n) is 10.3. The third-order valence-electron chi connectivity index (χ3n) is 3.11. The second-order valence-electron chi connectivity index (χ2n) is 4.29. The maximum absolute atomic E-state index is 13.6. The van der Waals surface area contributed by atoms with Gasteiger partial charge in [0.1, 0.15) is 6.04 Å². The van der Waals surface area contributed by atoms with E-state index in [1.807, 2.05) is 6.07 Å². The van der Waals surface area contributed by atoms with Gasteiger partial charge in [-0.05, 0) is 17.7 Å². The van der Waals surface area contributed by atoms with E-state index in [1.54, 1.807) is 6.07 Å². The molecule has 1 heterocycles. The maximum atomic E-state index is 13.6. The van der Waals surface area contributed by atoms with Crippen LogP contribution < -0.4 is 10.1 Å². The van der Waals surface area contributed by atoms with Gasteiger partial charge < -0.3 is 10.1 Å². The smallest absolute Gasteiger partial charge is 0.165 e. The van der Waals surface area contributed by atoms with Crippen LogP contribution >= 0.6 is 0 Å². The van der Waals surface area contributed by atoms with Crippen molar-refractivity contribution in [3.63, 3.8) is 0 Å². The molecular formula is C13H16FN3O.